The minimum Gasteiger partial charge on any atom is -0.482 e. The molecule has 1 aromatic rings. The molecule has 2 N–H and O–H groups in total. The van der Waals surface area contributed by atoms with Crippen LogP contribution in [0.15, 0.2) is 18.2 Å². The van der Waals surface area contributed by atoms with E-state index >= 15 is 0 Å². The Balaban J connectivity index is 1.76. The molecule has 2 rings (SSSR count). The molecule has 22 heavy (non-hydrogen) atoms. The molecular formula is C15H21Cl2N3O2. The SMILES string of the molecule is NCCCN1CCN(C(=O)COc2ccc(Cl)cc2Cl)CC1. The van der Waals surface area contributed by atoms with Crippen molar-refractivity contribution in [2.75, 3.05) is 45.9 Å². The van der Waals surface area contributed by atoms with Gasteiger partial charge in [-0.3, -0.25) is 9.69 Å². The number of benzene rings is 1. The summed E-state index contributed by atoms with van der Waals surface area (Å²) >= 11 is 11.8. The van der Waals surface area contributed by atoms with E-state index < -0.39 is 0 Å². The van der Waals surface area contributed by atoms with Crippen molar-refractivity contribution in [1.29, 1.82) is 0 Å². The van der Waals surface area contributed by atoms with Gasteiger partial charge in [0.25, 0.3) is 5.91 Å². The molecule has 0 atom stereocenters. The molecule has 5 nitrogen and oxygen atoms in total. The Kier molecular flexibility index (Phi) is 6.76. The van der Waals surface area contributed by atoms with Gasteiger partial charge in [-0.15, -0.1) is 0 Å². The number of rotatable bonds is 6. The number of carbonyl (C=O) groups excluding carboxylic acids is 1. The quantitative estimate of drug-likeness (QED) is 0.854. The van der Waals surface area contributed by atoms with Crippen molar-refractivity contribution in [3.05, 3.63) is 28.2 Å². The van der Waals surface area contributed by atoms with Gasteiger partial charge in [-0.05, 0) is 37.7 Å². The molecule has 0 aliphatic carbocycles. The van der Waals surface area contributed by atoms with Gasteiger partial charge in [0.15, 0.2) is 6.61 Å². The predicted octanol–water partition coefficient (Wildman–Crippen LogP) is 1.87. The molecule has 1 amide bonds. The Morgan fingerprint density at radius 2 is 1.95 bits per heavy atom. The molecule has 1 heterocycles. The third-order valence-corrected chi connectivity index (χ3v) is 4.18. The van der Waals surface area contributed by atoms with E-state index in [-0.39, 0.29) is 12.5 Å². The Morgan fingerprint density at radius 1 is 1.23 bits per heavy atom. The summed E-state index contributed by atoms with van der Waals surface area (Å²) in [6.45, 7) is 4.90. The van der Waals surface area contributed by atoms with E-state index in [0.717, 1.165) is 39.1 Å². The molecule has 0 spiro atoms. The summed E-state index contributed by atoms with van der Waals surface area (Å²) in [4.78, 5) is 16.3. The molecule has 0 saturated carbocycles. The number of halogens is 2. The fraction of sp³-hybridized carbons (Fsp3) is 0.533. The standard InChI is InChI=1S/C15H21Cl2N3O2/c16-12-2-3-14(13(17)10-12)22-11-15(21)20-8-6-19(7-9-20)5-1-4-18/h2-3,10H,1,4-9,11,18H2. The van der Waals surface area contributed by atoms with Crippen molar-refractivity contribution in [1.82, 2.24) is 9.80 Å². The first-order chi connectivity index (χ1) is 10.6. The molecule has 1 fully saturated rings. The summed E-state index contributed by atoms with van der Waals surface area (Å²) < 4.78 is 5.49. The molecule has 0 aromatic heterocycles. The highest BCUT2D eigenvalue weighted by Gasteiger charge is 2.21. The van der Waals surface area contributed by atoms with E-state index in [4.69, 9.17) is 33.7 Å². The maximum Gasteiger partial charge on any atom is 0.260 e. The van der Waals surface area contributed by atoms with E-state index in [0.29, 0.717) is 22.3 Å². The lowest BCUT2D eigenvalue weighted by Crippen LogP contribution is -2.50. The lowest BCUT2D eigenvalue weighted by atomic mass is 10.3. The van der Waals surface area contributed by atoms with Crippen LogP contribution in [0.5, 0.6) is 5.75 Å². The third kappa shape index (κ3) is 5.02. The number of carbonyl (C=O) groups is 1. The van der Waals surface area contributed by atoms with Crippen LogP contribution in [0.1, 0.15) is 6.42 Å². The first-order valence-electron chi connectivity index (χ1n) is 7.38. The van der Waals surface area contributed by atoms with Crippen LogP contribution < -0.4 is 10.5 Å². The summed E-state index contributed by atoms with van der Waals surface area (Å²) in [7, 11) is 0. The van der Waals surface area contributed by atoms with Gasteiger partial charge in [-0.2, -0.15) is 0 Å². The normalized spacial score (nSPS) is 15.9. The topological polar surface area (TPSA) is 58.8 Å². The van der Waals surface area contributed by atoms with E-state index in [1.807, 2.05) is 4.90 Å². The minimum absolute atomic E-state index is 0.00977. The van der Waals surface area contributed by atoms with Crippen molar-refractivity contribution >= 4 is 29.1 Å². The molecule has 0 bridgehead atoms. The van der Waals surface area contributed by atoms with Crippen LogP contribution in [-0.2, 0) is 4.79 Å². The highest BCUT2D eigenvalue weighted by molar-refractivity contribution is 6.35. The van der Waals surface area contributed by atoms with Crippen molar-refractivity contribution in [3.8, 4) is 5.75 Å². The molecule has 0 unspecified atom stereocenters. The number of piperazine rings is 1. The monoisotopic (exact) mass is 345 g/mol. The number of hydrogen-bond acceptors (Lipinski definition) is 4. The fourth-order valence-electron chi connectivity index (χ4n) is 2.36. The van der Waals surface area contributed by atoms with E-state index in [1.54, 1.807) is 18.2 Å². The maximum atomic E-state index is 12.2. The predicted molar refractivity (Wildman–Crippen MR) is 88.6 cm³/mol. The minimum atomic E-state index is -0.0236. The average Bonchev–Trinajstić information content (AvgIpc) is 2.52. The molecule has 7 heteroatoms. The van der Waals surface area contributed by atoms with Gasteiger partial charge in [-0.1, -0.05) is 23.2 Å². The summed E-state index contributed by atoms with van der Waals surface area (Å²) in [5.41, 5.74) is 5.51. The van der Waals surface area contributed by atoms with Crippen LogP contribution in [-0.4, -0.2) is 61.6 Å². The molecule has 122 valence electrons. The second-order valence-corrected chi connectivity index (χ2v) is 6.07. The summed E-state index contributed by atoms with van der Waals surface area (Å²) in [6.07, 6.45) is 0.992. The van der Waals surface area contributed by atoms with Gasteiger partial charge < -0.3 is 15.4 Å². The first kappa shape index (κ1) is 17.3. The highest BCUT2D eigenvalue weighted by atomic mass is 35.5. The highest BCUT2D eigenvalue weighted by Crippen LogP contribution is 2.27. The van der Waals surface area contributed by atoms with Crippen LogP contribution >= 0.6 is 23.2 Å². The van der Waals surface area contributed by atoms with Crippen molar-refractivity contribution in [3.63, 3.8) is 0 Å². The molecule has 1 aliphatic rings. The van der Waals surface area contributed by atoms with E-state index in [9.17, 15) is 4.79 Å². The lowest BCUT2D eigenvalue weighted by Gasteiger charge is -2.34. The zero-order valence-electron chi connectivity index (χ0n) is 12.4. The number of amides is 1. The number of nitrogens with two attached hydrogens (primary N) is 1. The Bertz CT molecular complexity index is 506. The summed E-state index contributed by atoms with van der Waals surface area (Å²) in [5.74, 6) is 0.450. The smallest absolute Gasteiger partial charge is 0.260 e. The van der Waals surface area contributed by atoms with Crippen LogP contribution in [0.4, 0.5) is 0 Å². The van der Waals surface area contributed by atoms with E-state index in [2.05, 4.69) is 4.90 Å². The van der Waals surface area contributed by atoms with Gasteiger partial charge in [0.05, 0.1) is 5.02 Å². The number of nitrogens with zero attached hydrogens (tertiary/aromatic N) is 2. The van der Waals surface area contributed by atoms with Gasteiger partial charge in [0.1, 0.15) is 5.75 Å². The molecule has 1 aromatic carbocycles. The average molecular weight is 346 g/mol. The second kappa shape index (κ2) is 8.58. The van der Waals surface area contributed by atoms with Crippen LogP contribution in [0.2, 0.25) is 10.0 Å². The number of ether oxygens (including phenoxy) is 1. The van der Waals surface area contributed by atoms with Crippen LogP contribution in [0.25, 0.3) is 0 Å². The van der Waals surface area contributed by atoms with E-state index in [1.165, 1.54) is 0 Å². The van der Waals surface area contributed by atoms with Crippen LogP contribution in [0.3, 0.4) is 0 Å². The van der Waals surface area contributed by atoms with Crippen LogP contribution in [0, 0.1) is 0 Å². The molecular weight excluding hydrogens is 325 g/mol. The Hall–Kier alpha value is -1.01. The lowest BCUT2D eigenvalue weighted by molar-refractivity contribution is -0.135. The Morgan fingerprint density at radius 3 is 2.59 bits per heavy atom. The third-order valence-electron chi connectivity index (χ3n) is 3.65. The molecule has 1 aliphatic heterocycles. The van der Waals surface area contributed by atoms with Gasteiger partial charge in [0, 0.05) is 31.2 Å². The second-order valence-electron chi connectivity index (χ2n) is 5.23. The zero-order chi connectivity index (χ0) is 15.9. The summed E-state index contributed by atoms with van der Waals surface area (Å²) in [6, 6.07) is 4.95. The Labute approximate surface area is 140 Å². The van der Waals surface area contributed by atoms with Crippen molar-refractivity contribution < 1.29 is 9.53 Å². The van der Waals surface area contributed by atoms with Crippen molar-refractivity contribution in [2.24, 2.45) is 5.73 Å². The molecule has 0 radical (unpaired) electrons. The fourth-order valence-corrected chi connectivity index (χ4v) is 2.82. The largest absolute Gasteiger partial charge is 0.482 e. The van der Waals surface area contributed by atoms with Crippen molar-refractivity contribution in [2.45, 2.75) is 6.42 Å². The molecule has 1 saturated heterocycles. The first-order valence-corrected chi connectivity index (χ1v) is 8.14. The number of hydrogen-bond donors (Lipinski definition) is 1. The van der Waals surface area contributed by atoms with Gasteiger partial charge in [-0.25, -0.2) is 0 Å². The summed E-state index contributed by atoms with van der Waals surface area (Å²) in [5, 5.41) is 0.948. The zero-order valence-corrected chi connectivity index (χ0v) is 13.9. The maximum absolute atomic E-state index is 12.2. The van der Waals surface area contributed by atoms with Gasteiger partial charge in [0.2, 0.25) is 0 Å². The van der Waals surface area contributed by atoms with Gasteiger partial charge >= 0.3 is 0 Å².